The monoisotopic (exact) mass is 305 g/mol. The molecule has 3 heteroatoms. The molecule has 0 saturated carbocycles. The van der Waals surface area contributed by atoms with Gasteiger partial charge in [0.05, 0.1) is 6.26 Å². The summed E-state index contributed by atoms with van der Waals surface area (Å²) in [6.07, 6.45) is 5.06. The summed E-state index contributed by atoms with van der Waals surface area (Å²) in [5.41, 5.74) is 2.93. The molecule has 2 aromatic rings. The van der Waals surface area contributed by atoms with Gasteiger partial charge in [0.25, 0.3) is 0 Å². The smallest absolute Gasteiger partial charge is 0.105 e. The van der Waals surface area contributed by atoms with Crippen molar-refractivity contribution in [2.24, 2.45) is 0 Å². The van der Waals surface area contributed by atoms with Crippen LogP contribution >= 0.6 is 15.9 Å². The van der Waals surface area contributed by atoms with Gasteiger partial charge in [-0.3, -0.25) is 0 Å². The van der Waals surface area contributed by atoms with Gasteiger partial charge in [-0.1, -0.05) is 22.0 Å². The first kappa shape index (κ1) is 12.0. The van der Waals surface area contributed by atoms with Gasteiger partial charge in [-0.15, -0.1) is 0 Å². The van der Waals surface area contributed by atoms with Crippen LogP contribution in [-0.4, -0.2) is 6.54 Å². The largest absolute Gasteiger partial charge is 0.469 e. The lowest BCUT2D eigenvalue weighted by Crippen LogP contribution is -2.21. The molecule has 0 bridgehead atoms. The minimum absolute atomic E-state index is 0.503. The number of hydrogen-bond acceptors (Lipinski definition) is 2. The van der Waals surface area contributed by atoms with E-state index in [1.54, 1.807) is 6.26 Å². The van der Waals surface area contributed by atoms with Crippen LogP contribution in [0.2, 0.25) is 0 Å². The molecule has 1 aliphatic rings. The number of halogens is 1. The van der Waals surface area contributed by atoms with Gasteiger partial charge in [-0.25, -0.2) is 0 Å². The molecule has 1 aliphatic carbocycles. The van der Waals surface area contributed by atoms with Crippen LogP contribution in [0.3, 0.4) is 0 Å². The SMILES string of the molecule is Brc1ccc2c(c1)CCC2NCCc1ccco1. The molecule has 1 aromatic carbocycles. The summed E-state index contributed by atoms with van der Waals surface area (Å²) in [7, 11) is 0. The van der Waals surface area contributed by atoms with Gasteiger partial charge >= 0.3 is 0 Å². The van der Waals surface area contributed by atoms with Crippen molar-refractivity contribution in [1.82, 2.24) is 5.32 Å². The Morgan fingerprint density at radius 3 is 3.11 bits per heavy atom. The van der Waals surface area contributed by atoms with Crippen LogP contribution in [0.1, 0.15) is 29.3 Å². The van der Waals surface area contributed by atoms with Crippen molar-refractivity contribution < 1.29 is 4.42 Å². The summed E-state index contributed by atoms with van der Waals surface area (Å²) >= 11 is 3.53. The highest BCUT2D eigenvalue weighted by molar-refractivity contribution is 9.10. The molecule has 3 rings (SSSR count). The van der Waals surface area contributed by atoms with E-state index >= 15 is 0 Å². The number of aryl methyl sites for hydroxylation is 1. The summed E-state index contributed by atoms with van der Waals surface area (Å²) in [5.74, 6) is 1.05. The fraction of sp³-hybridized carbons (Fsp3) is 0.333. The van der Waals surface area contributed by atoms with Gasteiger partial charge in [0, 0.05) is 23.5 Å². The number of fused-ring (bicyclic) bond motifs is 1. The van der Waals surface area contributed by atoms with E-state index in [-0.39, 0.29) is 0 Å². The molecule has 18 heavy (non-hydrogen) atoms. The van der Waals surface area contributed by atoms with E-state index in [4.69, 9.17) is 4.42 Å². The van der Waals surface area contributed by atoms with Crippen LogP contribution in [-0.2, 0) is 12.8 Å². The zero-order chi connectivity index (χ0) is 12.4. The molecule has 2 nitrogen and oxygen atoms in total. The van der Waals surface area contributed by atoms with Gasteiger partial charge in [0.15, 0.2) is 0 Å². The second-order valence-electron chi connectivity index (χ2n) is 4.72. The molecule has 0 radical (unpaired) electrons. The molecule has 0 amide bonds. The summed E-state index contributed by atoms with van der Waals surface area (Å²) in [6.45, 7) is 0.966. The second kappa shape index (κ2) is 5.29. The molecule has 1 aromatic heterocycles. The van der Waals surface area contributed by atoms with E-state index in [0.717, 1.165) is 18.7 Å². The first-order chi connectivity index (χ1) is 8.83. The van der Waals surface area contributed by atoms with E-state index in [2.05, 4.69) is 39.4 Å². The molecule has 1 unspecified atom stereocenters. The van der Waals surface area contributed by atoms with Gasteiger partial charge in [0.1, 0.15) is 5.76 Å². The predicted molar refractivity (Wildman–Crippen MR) is 75.6 cm³/mol. The van der Waals surface area contributed by atoms with Crippen LogP contribution in [0.4, 0.5) is 0 Å². The Morgan fingerprint density at radius 2 is 2.28 bits per heavy atom. The first-order valence-electron chi connectivity index (χ1n) is 6.37. The summed E-state index contributed by atoms with van der Waals surface area (Å²) in [4.78, 5) is 0. The fourth-order valence-electron chi connectivity index (χ4n) is 2.62. The Hall–Kier alpha value is -1.06. The molecular formula is C15H16BrNO. The molecule has 94 valence electrons. The van der Waals surface area contributed by atoms with Gasteiger partial charge in [-0.2, -0.15) is 0 Å². The summed E-state index contributed by atoms with van der Waals surface area (Å²) < 4.78 is 6.52. The van der Waals surface area contributed by atoms with Crippen molar-refractivity contribution in [1.29, 1.82) is 0 Å². The standard InChI is InChI=1S/C15H16BrNO/c16-12-4-5-14-11(10-12)3-6-15(14)17-8-7-13-2-1-9-18-13/h1-2,4-5,9-10,15,17H,3,6-8H2. The maximum absolute atomic E-state index is 5.34. The minimum Gasteiger partial charge on any atom is -0.469 e. The highest BCUT2D eigenvalue weighted by Crippen LogP contribution is 2.32. The van der Waals surface area contributed by atoms with E-state index < -0.39 is 0 Å². The van der Waals surface area contributed by atoms with Crippen LogP contribution in [0.25, 0.3) is 0 Å². The van der Waals surface area contributed by atoms with E-state index in [0.29, 0.717) is 6.04 Å². The molecular weight excluding hydrogens is 290 g/mol. The van der Waals surface area contributed by atoms with Crippen LogP contribution in [0, 0.1) is 0 Å². The second-order valence-corrected chi connectivity index (χ2v) is 5.63. The quantitative estimate of drug-likeness (QED) is 0.928. The predicted octanol–water partition coefficient (Wildman–Crippen LogP) is 3.86. The molecule has 1 N–H and O–H groups in total. The first-order valence-corrected chi connectivity index (χ1v) is 7.16. The van der Waals surface area contributed by atoms with Gasteiger partial charge in [-0.05, 0) is 48.2 Å². The Kier molecular flexibility index (Phi) is 3.52. The van der Waals surface area contributed by atoms with Crippen molar-refractivity contribution >= 4 is 15.9 Å². The number of rotatable bonds is 4. The Balaban J connectivity index is 1.59. The van der Waals surface area contributed by atoms with Gasteiger partial charge < -0.3 is 9.73 Å². The van der Waals surface area contributed by atoms with Crippen LogP contribution in [0.15, 0.2) is 45.5 Å². The third kappa shape index (κ3) is 2.52. The topological polar surface area (TPSA) is 25.2 Å². The molecule has 0 fully saturated rings. The summed E-state index contributed by atoms with van der Waals surface area (Å²) in [5, 5.41) is 3.62. The van der Waals surface area contributed by atoms with Crippen molar-refractivity contribution in [2.45, 2.75) is 25.3 Å². The highest BCUT2D eigenvalue weighted by Gasteiger charge is 2.21. The third-order valence-electron chi connectivity index (χ3n) is 3.53. The molecule has 1 heterocycles. The number of furan rings is 1. The lowest BCUT2D eigenvalue weighted by molar-refractivity contribution is 0.476. The Morgan fingerprint density at radius 1 is 1.33 bits per heavy atom. The lowest BCUT2D eigenvalue weighted by atomic mass is 10.1. The summed E-state index contributed by atoms with van der Waals surface area (Å²) in [6, 6.07) is 11.1. The molecule has 0 saturated heterocycles. The van der Waals surface area contributed by atoms with Crippen molar-refractivity contribution in [3.8, 4) is 0 Å². The number of nitrogens with one attached hydrogen (secondary N) is 1. The fourth-order valence-corrected chi connectivity index (χ4v) is 3.03. The van der Waals surface area contributed by atoms with E-state index in [1.165, 1.54) is 28.4 Å². The van der Waals surface area contributed by atoms with Crippen molar-refractivity contribution in [2.75, 3.05) is 6.54 Å². The zero-order valence-corrected chi connectivity index (χ0v) is 11.7. The average Bonchev–Trinajstić information content (AvgIpc) is 2.99. The molecule has 1 atom stereocenters. The van der Waals surface area contributed by atoms with Crippen molar-refractivity contribution in [3.63, 3.8) is 0 Å². The average molecular weight is 306 g/mol. The number of hydrogen-bond donors (Lipinski definition) is 1. The van der Waals surface area contributed by atoms with Crippen molar-refractivity contribution in [3.05, 3.63) is 58.0 Å². The highest BCUT2D eigenvalue weighted by atomic mass is 79.9. The lowest BCUT2D eigenvalue weighted by Gasteiger charge is -2.13. The maximum Gasteiger partial charge on any atom is 0.105 e. The third-order valence-corrected chi connectivity index (χ3v) is 4.02. The Bertz CT molecular complexity index is 521. The number of benzene rings is 1. The van der Waals surface area contributed by atoms with E-state index in [9.17, 15) is 0 Å². The minimum atomic E-state index is 0.503. The molecule has 0 spiro atoms. The van der Waals surface area contributed by atoms with Crippen LogP contribution in [0.5, 0.6) is 0 Å². The maximum atomic E-state index is 5.34. The zero-order valence-electron chi connectivity index (χ0n) is 10.2. The van der Waals surface area contributed by atoms with Gasteiger partial charge in [0.2, 0.25) is 0 Å². The normalized spacial score (nSPS) is 17.9. The van der Waals surface area contributed by atoms with Crippen LogP contribution < -0.4 is 5.32 Å². The van der Waals surface area contributed by atoms with E-state index in [1.807, 2.05) is 12.1 Å². The Labute approximate surface area is 116 Å². The molecule has 0 aliphatic heterocycles.